The van der Waals surface area contributed by atoms with E-state index >= 15 is 0 Å². The Bertz CT molecular complexity index is 178. The number of hydrogen-bond acceptors (Lipinski definition) is 4. The van der Waals surface area contributed by atoms with E-state index in [-0.39, 0.29) is 54.2 Å². The van der Waals surface area contributed by atoms with Gasteiger partial charge in [0.05, 0.1) is 0 Å². The quantitative estimate of drug-likeness (QED) is 0.362. The van der Waals surface area contributed by atoms with Gasteiger partial charge in [-0.3, -0.25) is 0 Å². The average Bonchev–Trinajstić information content (AvgIpc) is 2.01. The van der Waals surface area contributed by atoms with E-state index in [0.717, 1.165) is 0 Å². The van der Waals surface area contributed by atoms with Crippen molar-refractivity contribution in [2.24, 2.45) is 23.7 Å². The Labute approximate surface area is 135 Å². The molecule has 17 heavy (non-hydrogen) atoms. The average molecular weight is 399 g/mol. The molecule has 0 aromatic carbocycles. The van der Waals surface area contributed by atoms with E-state index in [4.69, 9.17) is 0 Å². The summed E-state index contributed by atoms with van der Waals surface area (Å²) < 4.78 is 0. The predicted molar refractivity (Wildman–Crippen MR) is 86.3 cm³/mol. The molecule has 2 nitrogen and oxygen atoms in total. The third kappa shape index (κ3) is 6.64. The molecule has 0 aliphatic heterocycles. The van der Waals surface area contributed by atoms with Gasteiger partial charge in [0.1, 0.15) is 0 Å². The van der Waals surface area contributed by atoms with Crippen LogP contribution in [-0.2, 0) is 41.9 Å². The second kappa shape index (κ2) is 11.6. The molecule has 4 bridgehead atoms. The minimum atomic E-state index is -0.363. The molecule has 8 N–H and O–H groups in total. The van der Waals surface area contributed by atoms with E-state index in [0.29, 0.717) is 0 Å². The van der Waals surface area contributed by atoms with Gasteiger partial charge < -0.3 is 39.3 Å². The summed E-state index contributed by atoms with van der Waals surface area (Å²) in [7, 11) is 8.68. The van der Waals surface area contributed by atoms with E-state index in [2.05, 4.69) is 19.6 Å². The zero-order chi connectivity index (χ0) is 9.26. The van der Waals surface area contributed by atoms with Gasteiger partial charge in [0.15, 0.2) is 0 Å². The normalized spacial score (nSPS) is 34.6. The molecule has 0 saturated heterocycles. The van der Waals surface area contributed by atoms with E-state index < -0.39 is 0 Å². The van der Waals surface area contributed by atoms with Gasteiger partial charge in [0.2, 0.25) is 0 Å². The minimum absolute atomic E-state index is 0. The maximum absolute atomic E-state index is 4.34. The summed E-state index contributed by atoms with van der Waals surface area (Å²) in [5, 5.41) is 0. The molecule has 0 aromatic rings. The van der Waals surface area contributed by atoms with Crippen LogP contribution in [0.25, 0.3) is 0 Å². The number of quaternary nitrogens is 2. The number of thiol groups is 2. The van der Waals surface area contributed by atoms with Crippen molar-refractivity contribution < 1.29 is 14.9 Å². The van der Waals surface area contributed by atoms with Gasteiger partial charge >= 0.3 is 34.6 Å². The molecule has 7 heteroatoms. The SMILES string of the molecule is C1C2CC3CC1CC(C2)C3.[NH4+].[NH4+].[SH-].[SH-].[S]=[Mo]=[S]. The van der Waals surface area contributed by atoms with E-state index in [1.165, 1.54) is 23.7 Å². The molecule has 4 aliphatic carbocycles. The standard InChI is InChI=1S/C10H16.Mo.2H3N.2H2S.2S/c1-7-2-9-4-8(1)5-10(3-7)6-9;;;;;;;/h7-10H,1-6H2;;2*1H3;2*1H2;;. The van der Waals surface area contributed by atoms with Crippen LogP contribution in [0, 0.1) is 23.7 Å². The zero-order valence-corrected chi connectivity index (χ0v) is 16.1. The van der Waals surface area contributed by atoms with Crippen molar-refractivity contribution in [1.29, 1.82) is 0 Å². The van der Waals surface area contributed by atoms with Gasteiger partial charge in [-0.2, -0.15) is 0 Å². The molecule has 4 fully saturated rings. The first-order valence-electron chi connectivity index (χ1n) is 5.23. The van der Waals surface area contributed by atoms with E-state index in [1.807, 2.05) is 0 Å². The van der Waals surface area contributed by atoms with Crippen LogP contribution < -0.4 is 12.3 Å². The first-order valence-corrected chi connectivity index (χ1v) is 10.8. The van der Waals surface area contributed by atoms with Gasteiger partial charge in [-0.1, -0.05) is 0 Å². The van der Waals surface area contributed by atoms with Crippen LogP contribution in [0.2, 0.25) is 0 Å². The Kier molecular flexibility index (Phi) is 16.2. The molecule has 0 spiro atoms. The first-order chi connectivity index (χ1) is 6.31. The number of hydrogen-bond donors (Lipinski definition) is 2. The van der Waals surface area contributed by atoms with Gasteiger partial charge in [-0.15, -0.1) is 0 Å². The van der Waals surface area contributed by atoms with Gasteiger partial charge in [0.25, 0.3) is 0 Å². The van der Waals surface area contributed by atoms with Gasteiger partial charge in [-0.25, -0.2) is 0 Å². The van der Waals surface area contributed by atoms with E-state index in [1.54, 1.807) is 38.5 Å². The van der Waals surface area contributed by atoms with Crippen molar-refractivity contribution in [3.8, 4) is 0 Å². The van der Waals surface area contributed by atoms with Crippen LogP contribution in [0.1, 0.15) is 38.5 Å². The summed E-state index contributed by atoms with van der Waals surface area (Å²) in [5.74, 6) is 4.71. The molecule has 0 radical (unpaired) electrons. The van der Waals surface area contributed by atoms with Crippen molar-refractivity contribution >= 4 is 46.6 Å². The topological polar surface area (TPSA) is 73.0 Å². The van der Waals surface area contributed by atoms with Crippen molar-refractivity contribution in [3.63, 3.8) is 0 Å². The van der Waals surface area contributed by atoms with Gasteiger partial charge in [-0.05, 0) is 62.2 Å². The Balaban J connectivity index is -0.000000260. The summed E-state index contributed by atoms with van der Waals surface area (Å²) in [4.78, 5) is 0. The molecular weight excluding hydrogens is 372 g/mol. The maximum atomic E-state index is 4.34. The Morgan fingerprint density at radius 1 is 0.588 bits per heavy atom. The monoisotopic (exact) mass is 400 g/mol. The Hall–Kier alpha value is 1.75. The fourth-order valence-electron chi connectivity index (χ4n) is 3.98. The third-order valence-electron chi connectivity index (χ3n) is 4.00. The van der Waals surface area contributed by atoms with E-state index in [9.17, 15) is 0 Å². The van der Waals surface area contributed by atoms with Crippen LogP contribution in [0.15, 0.2) is 0 Å². The summed E-state index contributed by atoms with van der Waals surface area (Å²) in [5.41, 5.74) is 0. The van der Waals surface area contributed by atoms with Crippen LogP contribution in [0.4, 0.5) is 0 Å². The molecule has 4 rings (SSSR count). The second-order valence-corrected chi connectivity index (χ2v) is 8.50. The summed E-state index contributed by atoms with van der Waals surface area (Å²) in [6.45, 7) is 0. The number of rotatable bonds is 0. The molecule has 4 saturated carbocycles. The Morgan fingerprint density at radius 2 is 0.706 bits per heavy atom. The predicted octanol–water partition coefficient (Wildman–Crippen LogP) is 4.34. The molecule has 0 atom stereocenters. The molecule has 106 valence electrons. The molecule has 4 aliphatic rings. The molecule has 0 amide bonds. The molecular formula is C10H26MoN2S4. The summed E-state index contributed by atoms with van der Waals surface area (Å²) in [6.07, 6.45) is 9.62. The van der Waals surface area contributed by atoms with Crippen LogP contribution in [0.3, 0.4) is 0 Å². The summed E-state index contributed by atoms with van der Waals surface area (Å²) in [6, 6.07) is 0. The molecule has 0 aromatic heterocycles. The van der Waals surface area contributed by atoms with Crippen LogP contribution in [0.5, 0.6) is 0 Å². The van der Waals surface area contributed by atoms with Crippen molar-refractivity contribution in [1.82, 2.24) is 12.3 Å². The fourth-order valence-corrected chi connectivity index (χ4v) is 3.98. The Morgan fingerprint density at radius 3 is 0.824 bits per heavy atom. The summed E-state index contributed by atoms with van der Waals surface area (Å²) >= 11 is -0.363. The fraction of sp³-hybridized carbons (Fsp3) is 1.00. The first kappa shape index (κ1) is 23.8. The van der Waals surface area contributed by atoms with Crippen molar-refractivity contribution in [3.05, 3.63) is 0 Å². The molecule has 0 unspecified atom stereocenters. The van der Waals surface area contributed by atoms with Gasteiger partial charge in [0, 0.05) is 0 Å². The zero-order valence-electron chi connectivity index (χ0n) is 10.7. The van der Waals surface area contributed by atoms with Crippen LogP contribution >= 0.6 is 19.6 Å². The van der Waals surface area contributed by atoms with Crippen LogP contribution in [-0.4, -0.2) is 0 Å². The van der Waals surface area contributed by atoms with Crippen molar-refractivity contribution in [2.75, 3.05) is 0 Å². The third-order valence-corrected chi connectivity index (χ3v) is 4.00. The second-order valence-electron chi connectivity index (χ2n) is 4.95. The molecule has 0 heterocycles. The van der Waals surface area contributed by atoms with Crippen molar-refractivity contribution in [2.45, 2.75) is 38.5 Å².